The van der Waals surface area contributed by atoms with Crippen LogP contribution in [0.5, 0.6) is 0 Å². The second kappa shape index (κ2) is 8.27. The van der Waals surface area contributed by atoms with Crippen LogP contribution in [0.2, 0.25) is 0 Å². The molecule has 1 saturated heterocycles. The molecule has 5 nitrogen and oxygen atoms in total. The van der Waals surface area contributed by atoms with Gasteiger partial charge >= 0.3 is 0 Å². The highest BCUT2D eigenvalue weighted by molar-refractivity contribution is 9.10. The van der Waals surface area contributed by atoms with E-state index in [2.05, 4.69) is 21.2 Å². The van der Waals surface area contributed by atoms with Gasteiger partial charge in [0.15, 0.2) is 5.78 Å². The molecule has 1 heterocycles. The van der Waals surface area contributed by atoms with E-state index in [-0.39, 0.29) is 30.4 Å². The molecular weight excluding hydrogens is 396 g/mol. The van der Waals surface area contributed by atoms with Crippen LogP contribution in [0.15, 0.2) is 53.0 Å². The molecule has 0 aromatic heterocycles. The molecule has 134 valence electrons. The molecule has 0 spiro atoms. The number of ketones is 1. The van der Waals surface area contributed by atoms with Crippen molar-refractivity contribution < 1.29 is 14.4 Å². The highest BCUT2D eigenvalue weighted by Crippen LogP contribution is 2.24. The molecule has 0 aliphatic carbocycles. The molecule has 1 N–H and O–H groups in total. The molecular formula is C20H19BrN2O3. The molecule has 0 unspecified atom stereocenters. The third-order valence-electron chi connectivity index (χ3n) is 4.26. The summed E-state index contributed by atoms with van der Waals surface area (Å²) in [5.74, 6) is -0.182. The summed E-state index contributed by atoms with van der Waals surface area (Å²) in [6.45, 7) is 0.706. The van der Waals surface area contributed by atoms with E-state index in [0.717, 1.165) is 16.6 Å². The summed E-state index contributed by atoms with van der Waals surface area (Å²) in [5, 5.41) is 2.80. The third-order valence-corrected chi connectivity index (χ3v) is 4.79. The topological polar surface area (TPSA) is 66.5 Å². The van der Waals surface area contributed by atoms with Gasteiger partial charge in [-0.2, -0.15) is 0 Å². The molecule has 0 bridgehead atoms. The summed E-state index contributed by atoms with van der Waals surface area (Å²) >= 11 is 3.33. The summed E-state index contributed by atoms with van der Waals surface area (Å²) in [6, 6.07) is 14.3. The van der Waals surface area contributed by atoms with Crippen molar-refractivity contribution in [2.45, 2.75) is 25.7 Å². The minimum absolute atomic E-state index is 0.0657. The van der Waals surface area contributed by atoms with Gasteiger partial charge in [-0.15, -0.1) is 0 Å². The number of rotatable bonds is 6. The number of anilines is 2. The second-order valence-electron chi connectivity index (χ2n) is 6.18. The third kappa shape index (κ3) is 4.58. The summed E-state index contributed by atoms with van der Waals surface area (Å²) in [4.78, 5) is 37.9. The van der Waals surface area contributed by atoms with E-state index in [0.29, 0.717) is 24.2 Å². The lowest BCUT2D eigenvalue weighted by Gasteiger charge is -2.16. The second-order valence-corrected chi connectivity index (χ2v) is 7.09. The Morgan fingerprint density at radius 1 is 1.08 bits per heavy atom. The van der Waals surface area contributed by atoms with Crippen LogP contribution >= 0.6 is 15.9 Å². The maximum atomic E-state index is 12.1. The van der Waals surface area contributed by atoms with E-state index in [1.165, 1.54) is 0 Å². The van der Waals surface area contributed by atoms with Gasteiger partial charge in [-0.3, -0.25) is 14.4 Å². The number of hydrogen-bond donors (Lipinski definition) is 1. The Morgan fingerprint density at radius 2 is 1.85 bits per heavy atom. The number of carbonyl (C=O) groups is 3. The Hall–Kier alpha value is -2.47. The van der Waals surface area contributed by atoms with Crippen molar-refractivity contribution >= 4 is 44.9 Å². The average molecular weight is 415 g/mol. The molecule has 26 heavy (non-hydrogen) atoms. The van der Waals surface area contributed by atoms with Crippen LogP contribution in [0.1, 0.15) is 36.0 Å². The molecule has 0 atom stereocenters. The van der Waals surface area contributed by atoms with Crippen molar-refractivity contribution in [1.29, 1.82) is 0 Å². The number of Topliss-reactive ketones (excluding diaryl/α,β-unsaturated/α-hetero) is 1. The number of halogens is 1. The largest absolute Gasteiger partial charge is 0.326 e. The first-order valence-corrected chi connectivity index (χ1v) is 9.31. The Labute approximate surface area is 160 Å². The van der Waals surface area contributed by atoms with Gasteiger partial charge in [-0.25, -0.2) is 0 Å². The van der Waals surface area contributed by atoms with Gasteiger partial charge in [0, 0.05) is 47.2 Å². The van der Waals surface area contributed by atoms with Crippen LogP contribution in [0, 0.1) is 0 Å². The summed E-state index contributed by atoms with van der Waals surface area (Å²) < 4.78 is 0.906. The predicted octanol–water partition coefficient (Wildman–Crippen LogP) is 4.18. The van der Waals surface area contributed by atoms with Crippen molar-refractivity contribution in [2.75, 3.05) is 16.8 Å². The average Bonchev–Trinajstić information content (AvgIpc) is 3.06. The minimum Gasteiger partial charge on any atom is -0.326 e. The van der Waals surface area contributed by atoms with Gasteiger partial charge < -0.3 is 10.2 Å². The lowest BCUT2D eigenvalue weighted by atomic mass is 10.1. The lowest BCUT2D eigenvalue weighted by molar-refractivity contribution is -0.117. The van der Waals surface area contributed by atoms with E-state index in [1.807, 2.05) is 12.1 Å². The van der Waals surface area contributed by atoms with Crippen molar-refractivity contribution in [3.63, 3.8) is 0 Å². The van der Waals surface area contributed by atoms with Crippen LogP contribution in [0.4, 0.5) is 11.4 Å². The van der Waals surface area contributed by atoms with Gasteiger partial charge in [-0.1, -0.05) is 34.1 Å². The highest BCUT2D eigenvalue weighted by Gasteiger charge is 2.21. The van der Waals surface area contributed by atoms with E-state index in [9.17, 15) is 14.4 Å². The van der Waals surface area contributed by atoms with Crippen LogP contribution in [-0.2, 0) is 9.59 Å². The maximum Gasteiger partial charge on any atom is 0.227 e. The van der Waals surface area contributed by atoms with Gasteiger partial charge in [0.2, 0.25) is 11.8 Å². The van der Waals surface area contributed by atoms with Gasteiger partial charge in [0.1, 0.15) is 0 Å². The first kappa shape index (κ1) is 18.3. The van der Waals surface area contributed by atoms with Crippen molar-refractivity contribution in [2.24, 2.45) is 0 Å². The summed E-state index contributed by atoms with van der Waals surface area (Å²) in [6.07, 6.45) is 1.68. The zero-order valence-corrected chi connectivity index (χ0v) is 15.8. The highest BCUT2D eigenvalue weighted by atomic mass is 79.9. The molecule has 2 aromatic carbocycles. The molecule has 1 aliphatic rings. The standard InChI is InChI=1S/C20H19BrN2O3/c21-15-8-6-14(7-9-15)18(24)10-11-19(25)22-16-3-1-4-17(13-16)23-12-2-5-20(23)26/h1,3-4,6-9,13H,2,5,10-12H2,(H,22,25). The zero-order valence-electron chi connectivity index (χ0n) is 14.2. The number of nitrogens with one attached hydrogen (secondary N) is 1. The fraction of sp³-hybridized carbons (Fsp3) is 0.250. The molecule has 0 radical (unpaired) electrons. The number of benzene rings is 2. The molecule has 0 saturated carbocycles. The number of nitrogens with zero attached hydrogens (tertiary/aromatic N) is 1. The van der Waals surface area contributed by atoms with Gasteiger partial charge in [0.25, 0.3) is 0 Å². The van der Waals surface area contributed by atoms with E-state index in [4.69, 9.17) is 0 Å². The first-order chi connectivity index (χ1) is 12.5. The van der Waals surface area contributed by atoms with Crippen molar-refractivity contribution in [3.8, 4) is 0 Å². The fourth-order valence-corrected chi connectivity index (χ4v) is 3.17. The monoisotopic (exact) mass is 414 g/mol. The zero-order chi connectivity index (χ0) is 18.5. The van der Waals surface area contributed by atoms with Crippen molar-refractivity contribution in [1.82, 2.24) is 0 Å². The lowest BCUT2D eigenvalue weighted by Crippen LogP contribution is -2.23. The van der Waals surface area contributed by atoms with Gasteiger partial charge in [0.05, 0.1) is 0 Å². The molecule has 1 aliphatic heterocycles. The fourth-order valence-electron chi connectivity index (χ4n) is 2.90. The molecule has 1 fully saturated rings. The minimum atomic E-state index is -0.222. The van der Waals surface area contributed by atoms with Crippen LogP contribution in [-0.4, -0.2) is 24.1 Å². The Bertz CT molecular complexity index is 833. The van der Waals surface area contributed by atoms with Crippen LogP contribution in [0.25, 0.3) is 0 Å². The normalized spacial score (nSPS) is 13.7. The molecule has 2 amide bonds. The van der Waals surface area contributed by atoms with Crippen LogP contribution in [0.3, 0.4) is 0 Å². The molecule has 6 heteroatoms. The number of carbonyl (C=O) groups excluding carboxylic acids is 3. The Balaban J connectivity index is 1.55. The van der Waals surface area contributed by atoms with E-state index < -0.39 is 0 Å². The van der Waals surface area contributed by atoms with Gasteiger partial charge in [-0.05, 0) is 36.8 Å². The van der Waals surface area contributed by atoms with Crippen molar-refractivity contribution in [3.05, 3.63) is 58.6 Å². The molecule has 3 rings (SSSR count). The Morgan fingerprint density at radius 3 is 2.54 bits per heavy atom. The van der Waals surface area contributed by atoms with E-state index in [1.54, 1.807) is 41.3 Å². The quantitative estimate of drug-likeness (QED) is 0.720. The summed E-state index contributed by atoms with van der Waals surface area (Å²) in [5.41, 5.74) is 2.01. The number of hydrogen-bond acceptors (Lipinski definition) is 3. The predicted molar refractivity (Wildman–Crippen MR) is 104 cm³/mol. The molecule has 2 aromatic rings. The number of amides is 2. The van der Waals surface area contributed by atoms with E-state index >= 15 is 0 Å². The van der Waals surface area contributed by atoms with Crippen LogP contribution < -0.4 is 10.2 Å². The SMILES string of the molecule is O=C(CCC(=O)c1ccc(Br)cc1)Nc1cccc(N2CCCC2=O)c1. The Kier molecular flexibility index (Phi) is 5.83. The summed E-state index contributed by atoms with van der Waals surface area (Å²) in [7, 11) is 0. The maximum absolute atomic E-state index is 12.1. The first-order valence-electron chi connectivity index (χ1n) is 8.52. The smallest absolute Gasteiger partial charge is 0.227 e.